The third-order valence-corrected chi connectivity index (χ3v) is 8.26. The lowest BCUT2D eigenvalue weighted by molar-refractivity contribution is -0.122. The molecule has 2 aromatic heterocycles. The van der Waals surface area contributed by atoms with E-state index in [4.69, 9.17) is 5.11 Å². The molecule has 1 fully saturated rings. The van der Waals surface area contributed by atoms with Gasteiger partial charge in [0.15, 0.2) is 10.5 Å². The number of halogens is 1. The van der Waals surface area contributed by atoms with Crippen LogP contribution < -0.4 is 10.0 Å². The highest BCUT2D eigenvalue weighted by molar-refractivity contribution is 7.90. The van der Waals surface area contributed by atoms with Crippen LogP contribution in [0.15, 0.2) is 65.8 Å². The average molecular weight is 567 g/mol. The molecule has 3 N–H and O–H groups in total. The van der Waals surface area contributed by atoms with Crippen molar-refractivity contribution >= 4 is 39.0 Å². The smallest absolute Gasteiger partial charge is 0.269 e. The molecule has 208 valence electrons. The zero-order valence-corrected chi connectivity index (χ0v) is 22.4. The van der Waals surface area contributed by atoms with E-state index in [9.17, 15) is 22.4 Å². The summed E-state index contributed by atoms with van der Waals surface area (Å²) in [5.41, 5.74) is 2.23. The second-order valence-corrected chi connectivity index (χ2v) is 11.2. The first-order valence-electron chi connectivity index (χ1n) is 12.6. The first-order chi connectivity index (χ1) is 19.2. The maximum absolute atomic E-state index is 13.8. The second-order valence-electron chi connectivity index (χ2n) is 9.51. The number of carbonyl (C=O) groups excluding carboxylic acids is 2. The van der Waals surface area contributed by atoms with Gasteiger partial charge >= 0.3 is 0 Å². The fourth-order valence-corrected chi connectivity index (χ4v) is 5.86. The van der Waals surface area contributed by atoms with E-state index in [-0.39, 0.29) is 22.9 Å². The highest BCUT2D eigenvalue weighted by Gasteiger charge is 2.30. The molecular weight excluding hydrogens is 539 g/mol. The zero-order valence-electron chi connectivity index (χ0n) is 21.5. The van der Waals surface area contributed by atoms with Crippen molar-refractivity contribution in [2.24, 2.45) is 0 Å². The first kappa shape index (κ1) is 27.2. The molecule has 2 aromatic carbocycles. The summed E-state index contributed by atoms with van der Waals surface area (Å²) in [5.74, 6) is -1.42. The van der Waals surface area contributed by atoms with Gasteiger partial charge in [-0.2, -0.15) is 9.61 Å². The van der Waals surface area contributed by atoms with Gasteiger partial charge in [-0.3, -0.25) is 9.59 Å². The lowest BCUT2D eigenvalue weighted by Gasteiger charge is -2.32. The third-order valence-electron chi connectivity index (χ3n) is 6.90. The fraction of sp³-hybridized carbons (Fsp3) is 0.259. The predicted molar refractivity (Wildman–Crippen MR) is 144 cm³/mol. The summed E-state index contributed by atoms with van der Waals surface area (Å²) < 4.78 is 42.2. The van der Waals surface area contributed by atoms with Crippen molar-refractivity contribution in [2.75, 3.05) is 25.0 Å². The highest BCUT2D eigenvalue weighted by Crippen LogP contribution is 2.31. The number of benzene rings is 2. The van der Waals surface area contributed by atoms with Gasteiger partial charge < -0.3 is 15.3 Å². The Morgan fingerprint density at radius 3 is 2.50 bits per heavy atom. The number of fused-ring (bicyclic) bond motifs is 1. The van der Waals surface area contributed by atoms with E-state index in [1.807, 2.05) is 18.2 Å². The van der Waals surface area contributed by atoms with E-state index in [0.29, 0.717) is 30.3 Å². The molecule has 1 aliphatic rings. The Morgan fingerprint density at radius 1 is 1.10 bits per heavy atom. The minimum absolute atomic E-state index is 0.129. The van der Waals surface area contributed by atoms with Gasteiger partial charge in [-0.15, -0.1) is 0 Å². The molecule has 40 heavy (non-hydrogen) atoms. The highest BCUT2D eigenvalue weighted by atomic mass is 32.2. The lowest BCUT2D eigenvalue weighted by Crippen LogP contribution is -2.38. The molecule has 11 nitrogen and oxygen atoms in total. The van der Waals surface area contributed by atoms with Crippen LogP contribution in [0.25, 0.3) is 5.65 Å². The Hall–Kier alpha value is -4.36. The molecule has 1 saturated heterocycles. The number of rotatable bonds is 7. The molecule has 5 rings (SSSR count). The number of piperidine rings is 1. The fourth-order valence-electron chi connectivity index (χ4n) is 4.82. The van der Waals surface area contributed by atoms with E-state index < -0.39 is 33.3 Å². The first-order valence-corrected chi connectivity index (χ1v) is 14.1. The van der Waals surface area contributed by atoms with Crippen molar-refractivity contribution in [3.63, 3.8) is 0 Å². The molecule has 0 radical (unpaired) electrons. The van der Waals surface area contributed by atoms with Gasteiger partial charge in [0.25, 0.3) is 21.8 Å². The minimum atomic E-state index is -4.42. The van der Waals surface area contributed by atoms with E-state index >= 15 is 0 Å². The van der Waals surface area contributed by atoms with Crippen molar-refractivity contribution in [2.45, 2.75) is 30.6 Å². The molecule has 0 spiro atoms. The summed E-state index contributed by atoms with van der Waals surface area (Å²) >= 11 is 0. The molecule has 1 aliphatic heterocycles. The Balaban J connectivity index is 1.52. The van der Waals surface area contributed by atoms with Crippen molar-refractivity contribution in [3.05, 3.63) is 83.4 Å². The molecule has 0 unspecified atom stereocenters. The van der Waals surface area contributed by atoms with Gasteiger partial charge in [0.2, 0.25) is 0 Å². The Morgan fingerprint density at radius 2 is 1.82 bits per heavy atom. The normalized spacial score (nSPS) is 14.3. The van der Waals surface area contributed by atoms with E-state index in [2.05, 4.69) is 27.5 Å². The number of aliphatic hydroxyl groups is 1. The van der Waals surface area contributed by atoms with E-state index in [0.717, 1.165) is 23.6 Å². The maximum Gasteiger partial charge on any atom is 0.269 e. The van der Waals surface area contributed by atoms with Crippen LogP contribution in [0.3, 0.4) is 0 Å². The van der Waals surface area contributed by atoms with Gasteiger partial charge in [0.05, 0.1) is 6.20 Å². The number of likely N-dealkylation sites (tertiary alicyclic amines) is 1. The third kappa shape index (κ3) is 5.38. The monoisotopic (exact) mass is 566 g/mol. The molecule has 2 amide bonds. The van der Waals surface area contributed by atoms with Crippen LogP contribution in [0.5, 0.6) is 0 Å². The van der Waals surface area contributed by atoms with E-state index in [1.165, 1.54) is 30.0 Å². The van der Waals surface area contributed by atoms with Crippen molar-refractivity contribution in [1.82, 2.24) is 24.2 Å². The van der Waals surface area contributed by atoms with Crippen LogP contribution in [0, 0.1) is 12.7 Å². The Kier molecular flexibility index (Phi) is 7.50. The SMILES string of the molecule is Cc1cc(F)ccc1Nc1c(C(=O)N2CCC(c3ccccc3)CC2)cnc2c(S(=O)(=O)NC(=O)CO)cnn12. The number of aliphatic hydroxyl groups excluding tert-OH is 1. The largest absolute Gasteiger partial charge is 0.387 e. The number of sulfonamides is 1. The quantitative estimate of drug-likeness (QED) is 0.310. The maximum atomic E-state index is 13.8. The number of anilines is 2. The van der Waals surface area contributed by atoms with Crippen molar-refractivity contribution in [3.8, 4) is 0 Å². The number of carbonyl (C=O) groups is 2. The predicted octanol–water partition coefficient (Wildman–Crippen LogP) is 2.74. The van der Waals surface area contributed by atoms with Gasteiger partial charge in [-0.05, 0) is 55.0 Å². The van der Waals surface area contributed by atoms with E-state index in [1.54, 1.807) is 16.5 Å². The van der Waals surface area contributed by atoms with Crippen LogP contribution in [-0.2, 0) is 14.8 Å². The Labute approximate surface area is 229 Å². The van der Waals surface area contributed by atoms with Crippen LogP contribution in [0.1, 0.15) is 40.2 Å². The molecule has 0 atom stereocenters. The number of aromatic nitrogens is 3. The molecular formula is C27H27FN6O5S. The lowest BCUT2D eigenvalue weighted by atomic mass is 9.89. The van der Waals surface area contributed by atoms with Crippen molar-refractivity contribution < 1.29 is 27.5 Å². The molecule has 4 aromatic rings. The number of hydrogen-bond acceptors (Lipinski definition) is 8. The Bertz CT molecular complexity index is 1680. The van der Waals surface area contributed by atoms with Crippen LogP contribution >= 0.6 is 0 Å². The average Bonchev–Trinajstić information content (AvgIpc) is 3.40. The second kappa shape index (κ2) is 11.0. The topological polar surface area (TPSA) is 146 Å². The summed E-state index contributed by atoms with van der Waals surface area (Å²) in [6.07, 6.45) is 3.81. The number of nitrogens with zero attached hydrogens (tertiary/aromatic N) is 4. The minimum Gasteiger partial charge on any atom is -0.387 e. The van der Waals surface area contributed by atoms with Crippen molar-refractivity contribution in [1.29, 1.82) is 0 Å². The summed E-state index contributed by atoms with van der Waals surface area (Å²) in [6, 6.07) is 14.2. The van der Waals surface area contributed by atoms with Gasteiger partial charge in [0.1, 0.15) is 23.8 Å². The van der Waals surface area contributed by atoms with Crippen LogP contribution in [-0.4, -0.2) is 64.5 Å². The van der Waals surface area contributed by atoms with Crippen LogP contribution in [0.4, 0.5) is 15.9 Å². The number of aryl methyl sites for hydroxylation is 1. The molecule has 0 aliphatic carbocycles. The number of amides is 2. The zero-order chi connectivity index (χ0) is 28.4. The van der Waals surface area contributed by atoms with Crippen LogP contribution in [0.2, 0.25) is 0 Å². The summed E-state index contributed by atoms with van der Waals surface area (Å²) in [7, 11) is -4.42. The molecule has 0 saturated carbocycles. The molecule has 0 bridgehead atoms. The number of nitrogens with one attached hydrogen (secondary N) is 2. The summed E-state index contributed by atoms with van der Waals surface area (Å²) in [5, 5.41) is 16.2. The molecule has 13 heteroatoms. The van der Waals surface area contributed by atoms with Gasteiger partial charge in [-0.1, -0.05) is 30.3 Å². The summed E-state index contributed by atoms with van der Waals surface area (Å²) in [4.78, 5) is 30.9. The standard InChI is InChI=1S/C27H27FN6O5S/c1-17-13-20(28)7-8-22(17)31-25-21(27(37)33-11-9-19(10-12-33)18-5-3-2-4-6-18)14-29-26-23(15-30-34(25)26)40(38,39)32-24(36)16-35/h2-8,13-15,19,31,35H,9-12,16H2,1H3,(H,32,36). The molecule has 3 heterocycles. The number of hydrogen-bond donors (Lipinski definition) is 3. The van der Waals surface area contributed by atoms with Gasteiger partial charge in [0, 0.05) is 25.0 Å². The van der Waals surface area contributed by atoms with Gasteiger partial charge in [-0.25, -0.2) is 22.5 Å². The summed E-state index contributed by atoms with van der Waals surface area (Å²) in [6.45, 7) is 1.68.